The van der Waals surface area contributed by atoms with Gasteiger partial charge < -0.3 is 9.47 Å². The van der Waals surface area contributed by atoms with Crippen LogP contribution in [-0.2, 0) is 4.74 Å². The summed E-state index contributed by atoms with van der Waals surface area (Å²) in [5.41, 5.74) is 1.70. The summed E-state index contributed by atoms with van der Waals surface area (Å²) < 4.78 is 12.9. The van der Waals surface area contributed by atoms with Crippen LogP contribution in [0, 0.1) is 6.92 Å². The van der Waals surface area contributed by atoms with E-state index in [1.807, 2.05) is 19.1 Å². The number of pyridine rings is 1. The Morgan fingerprint density at radius 1 is 1.50 bits per heavy atom. The number of rotatable bonds is 5. The molecule has 4 rings (SSSR count). The topological polar surface area (TPSA) is 90.6 Å². The highest BCUT2D eigenvalue weighted by Gasteiger charge is 2.24. The predicted molar refractivity (Wildman–Crippen MR) is 96.9 cm³/mol. The Hall–Kier alpha value is -2.52. The van der Waals surface area contributed by atoms with Crippen molar-refractivity contribution in [2.45, 2.75) is 32.8 Å². The summed E-state index contributed by atoms with van der Waals surface area (Å²) in [7, 11) is 0. The van der Waals surface area contributed by atoms with Crippen molar-refractivity contribution in [3.05, 3.63) is 34.7 Å². The van der Waals surface area contributed by atoms with Crippen LogP contribution in [-0.4, -0.2) is 38.7 Å². The van der Waals surface area contributed by atoms with Crippen molar-refractivity contribution in [2.75, 3.05) is 18.5 Å². The van der Waals surface area contributed by atoms with Crippen LogP contribution in [0.1, 0.15) is 47.1 Å². The van der Waals surface area contributed by atoms with Gasteiger partial charge in [0.05, 0.1) is 12.3 Å². The smallest absolute Gasteiger partial charge is 0.276 e. The number of hydrogen-bond donors (Lipinski definition) is 1. The van der Waals surface area contributed by atoms with E-state index in [0.717, 1.165) is 24.5 Å². The van der Waals surface area contributed by atoms with Gasteiger partial charge in [0.2, 0.25) is 5.13 Å². The van der Waals surface area contributed by atoms with Gasteiger partial charge in [0.15, 0.2) is 11.4 Å². The Morgan fingerprint density at radius 2 is 2.38 bits per heavy atom. The first-order valence-corrected chi connectivity index (χ1v) is 9.36. The van der Waals surface area contributed by atoms with E-state index in [-0.39, 0.29) is 12.0 Å². The summed E-state index contributed by atoms with van der Waals surface area (Å²) in [4.78, 5) is 17.3. The number of hydrogen-bond acceptors (Lipinski definition) is 7. The van der Waals surface area contributed by atoms with Gasteiger partial charge in [-0.2, -0.15) is 0 Å². The van der Waals surface area contributed by atoms with E-state index >= 15 is 0 Å². The van der Waals surface area contributed by atoms with Gasteiger partial charge in [-0.3, -0.25) is 14.5 Å². The van der Waals surface area contributed by atoms with Crippen LogP contribution >= 0.6 is 11.3 Å². The minimum atomic E-state index is -0.279. The van der Waals surface area contributed by atoms with Gasteiger partial charge in [-0.05, 0) is 38.8 Å². The van der Waals surface area contributed by atoms with Gasteiger partial charge in [0.1, 0.15) is 16.8 Å². The van der Waals surface area contributed by atoms with Crippen molar-refractivity contribution >= 4 is 28.0 Å². The van der Waals surface area contributed by atoms with Crippen molar-refractivity contribution in [3.8, 4) is 5.75 Å². The van der Waals surface area contributed by atoms with E-state index in [0.29, 0.717) is 34.5 Å². The minimum absolute atomic E-state index is 0.00978. The standard InChI is InChI=1S/C17H19N5O3S/c1-3-24-11-6-4-8-22-13(10(2)18-14(11)22)15(23)19-17-21-20-16(26-17)12-7-5-9-25-12/h4,6,8,12H,3,5,7,9H2,1-2H3,(H,19,21,23). The maximum atomic E-state index is 12.8. The molecule has 1 N–H and O–H groups in total. The second kappa shape index (κ2) is 7.00. The van der Waals surface area contributed by atoms with Gasteiger partial charge in [0.25, 0.3) is 5.91 Å². The van der Waals surface area contributed by atoms with E-state index in [1.165, 1.54) is 11.3 Å². The largest absolute Gasteiger partial charge is 0.490 e. The zero-order valence-corrected chi connectivity index (χ0v) is 15.4. The van der Waals surface area contributed by atoms with Crippen molar-refractivity contribution in [1.29, 1.82) is 0 Å². The molecule has 4 heterocycles. The van der Waals surface area contributed by atoms with E-state index < -0.39 is 0 Å². The second-order valence-electron chi connectivity index (χ2n) is 5.95. The predicted octanol–water partition coefficient (Wildman–Crippen LogP) is 3.00. The fraction of sp³-hybridized carbons (Fsp3) is 0.412. The summed E-state index contributed by atoms with van der Waals surface area (Å²) in [6, 6.07) is 3.67. The summed E-state index contributed by atoms with van der Waals surface area (Å²) in [5, 5.41) is 12.3. The lowest BCUT2D eigenvalue weighted by Gasteiger charge is -2.06. The molecule has 0 spiro atoms. The third-order valence-corrected chi connectivity index (χ3v) is 5.10. The maximum absolute atomic E-state index is 12.8. The molecule has 3 aromatic heterocycles. The van der Waals surface area contributed by atoms with Gasteiger partial charge >= 0.3 is 0 Å². The number of aryl methyl sites for hydroxylation is 1. The molecule has 1 amide bonds. The summed E-state index contributed by atoms with van der Waals surface area (Å²) >= 11 is 1.34. The van der Waals surface area contributed by atoms with Crippen LogP contribution < -0.4 is 10.1 Å². The Morgan fingerprint density at radius 3 is 3.15 bits per heavy atom. The molecule has 136 valence electrons. The maximum Gasteiger partial charge on any atom is 0.276 e. The summed E-state index contributed by atoms with van der Waals surface area (Å²) in [6.45, 7) is 4.99. The van der Waals surface area contributed by atoms with Crippen LogP contribution in [0.25, 0.3) is 5.65 Å². The minimum Gasteiger partial charge on any atom is -0.490 e. The lowest BCUT2D eigenvalue weighted by Crippen LogP contribution is -2.15. The third-order valence-electron chi connectivity index (χ3n) is 4.17. The van der Waals surface area contributed by atoms with Crippen LogP contribution in [0.4, 0.5) is 5.13 Å². The van der Waals surface area contributed by atoms with Gasteiger partial charge in [-0.1, -0.05) is 11.3 Å². The Labute approximate surface area is 154 Å². The highest BCUT2D eigenvalue weighted by Crippen LogP contribution is 2.32. The second-order valence-corrected chi connectivity index (χ2v) is 6.96. The number of imidazole rings is 1. The molecule has 1 atom stereocenters. The van der Waals surface area contributed by atoms with Gasteiger partial charge in [-0.25, -0.2) is 4.98 Å². The molecule has 8 nitrogen and oxygen atoms in total. The number of amides is 1. The first kappa shape index (κ1) is 16.9. The monoisotopic (exact) mass is 373 g/mol. The zero-order chi connectivity index (χ0) is 18.1. The number of anilines is 1. The molecule has 9 heteroatoms. The lowest BCUT2D eigenvalue weighted by molar-refractivity contribution is 0.102. The summed E-state index contributed by atoms with van der Waals surface area (Å²) in [5.74, 6) is 0.368. The fourth-order valence-electron chi connectivity index (χ4n) is 3.04. The Bertz CT molecular complexity index is 945. The molecule has 1 aliphatic rings. The molecule has 0 aromatic carbocycles. The average molecular weight is 373 g/mol. The molecule has 0 bridgehead atoms. The number of fused-ring (bicyclic) bond motifs is 1. The SMILES string of the molecule is CCOc1cccn2c(C(=O)Nc3nnc(C4CCCO4)s3)c(C)nc12. The van der Waals surface area contributed by atoms with E-state index in [4.69, 9.17) is 9.47 Å². The molecule has 1 fully saturated rings. The number of aromatic nitrogens is 4. The number of carbonyl (C=O) groups is 1. The molecule has 26 heavy (non-hydrogen) atoms. The van der Waals surface area contributed by atoms with Crippen LogP contribution in [0.3, 0.4) is 0 Å². The normalized spacial score (nSPS) is 16.9. The molecule has 1 aliphatic heterocycles. The summed E-state index contributed by atoms with van der Waals surface area (Å²) in [6.07, 6.45) is 3.75. The van der Waals surface area contributed by atoms with Gasteiger partial charge in [-0.15, -0.1) is 10.2 Å². The van der Waals surface area contributed by atoms with Crippen LogP contribution in [0.5, 0.6) is 5.75 Å². The van der Waals surface area contributed by atoms with Crippen LogP contribution in [0.2, 0.25) is 0 Å². The first-order chi connectivity index (χ1) is 12.7. The third kappa shape index (κ3) is 3.04. The number of nitrogens with one attached hydrogen (secondary N) is 1. The Kier molecular flexibility index (Phi) is 4.56. The molecule has 1 unspecified atom stereocenters. The van der Waals surface area contributed by atoms with Crippen LogP contribution in [0.15, 0.2) is 18.3 Å². The molecule has 0 radical (unpaired) electrons. The molecular weight excluding hydrogens is 354 g/mol. The number of ether oxygens (including phenoxy) is 2. The molecule has 3 aromatic rings. The van der Waals surface area contributed by atoms with Crippen molar-refractivity contribution in [1.82, 2.24) is 19.6 Å². The lowest BCUT2D eigenvalue weighted by atomic mass is 10.2. The molecule has 0 saturated carbocycles. The van der Waals surface area contributed by atoms with E-state index in [9.17, 15) is 4.79 Å². The Balaban J connectivity index is 1.60. The molecular formula is C17H19N5O3S. The highest BCUT2D eigenvalue weighted by molar-refractivity contribution is 7.15. The van der Waals surface area contributed by atoms with Crippen molar-refractivity contribution < 1.29 is 14.3 Å². The first-order valence-electron chi connectivity index (χ1n) is 8.54. The van der Waals surface area contributed by atoms with Crippen molar-refractivity contribution in [2.24, 2.45) is 0 Å². The average Bonchev–Trinajstić information content (AvgIpc) is 3.33. The van der Waals surface area contributed by atoms with E-state index in [1.54, 1.807) is 17.5 Å². The number of nitrogens with zero attached hydrogens (tertiary/aromatic N) is 4. The molecule has 0 aliphatic carbocycles. The highest BCUT2D eigenvalue weighted by atomic mass is 32.1. The van der Waals surface area contributed by atoms with E-state index in [2.05, 4.69) is 20.5 Å². The molecule has 1 saturated heterocycles. The van der Waals surface area contributed by atoms with Gasteiger partial charge in [0, 0.05) is 12.8 Å². The zero-order valence-electron chi connectivity index (χ0n) is 14.6. The fourth-order valence-corrected chi connectivity index (χ4v) is 3.86. The quantitative estimate of drug-likeness (QED) is 0.739. The van der Waals surface area contributed by atoms with Crippen molar-refractivity contribution in [3.63, 3.8) is 0 Å². The number of carbonyl (C=O) groups excluding carboxylic acids is 1.